The van der Waals surface area contributed by atoms with E-state index in [4.69, 9.17) is 0 Å². The van der Waals surface area contributed by atoms with Gasteiger partial charge in [0.25, 0.3) is 0 Å². The predicted molar refractivity (Wildman–Crippen MR) is 252 cm³/mol. The van der Waals surface area contributed by atoms with Crippen LogP contribution < -0.4 is 0 Å². The second-order valence-corrected chi connectivity index (χ2v) is 16.4. The van der Waals surface area contributed by atoms with Crippen LogP contribution in [0.2, 0.25) is 0 Å². The van der Waals surface area contributed by atoms with Crippen molar-refractivity contribution < 1.29 is 0 Å². The van der Waals surface area contributed by atoms with E-state index in [2.05, 4.69) is 232 Å². The topological polar surface area (TPSA) is 0 Å². The molecule has 0 spiro atoms. The number of rotatable bonds is 6. The van der Waals surface area contributed by atoms with Crippen molar-refractivity contribution in [3.63, 3.8) is 0 Å². The Balaban J connectivity index is 1.15. The van der Waals surface area contributed by atoms with Crippen molar-refractivity contribution in [2.45, 2.75) is 19.3 Å². The summed E-state index contributed by atoms with van der Waals surface area (Å²) in [5, 5.41) is 5.09. The first kappa shape index (κ1) is 34.9. The van der Waals surface area contributed by atoms with Gasteiger partial charge < -0.3 is 0 Å². The Hall–Kier alpha value is -7.28. The Morgan fingerprint density at radius 1 is 0.237 bits per heavy atom. The lowest BCUT2D eigenvalue weighted by Gasteiger charge is -2.24. The number of hydrogen-bond acceptors (Lipinski definition) is 0. The van der Waals surface area contributed by atoms with Crippen LogP contribution in [0.4, 0.5) is 0 Å². The fourth-order valence-corrected chi connectivity index (χ4v) is 9.72. The first-order valence-electron chi connectivity index (χ1n) is 20.7. The Bertz CT molecular complexity index is 3170. The van der Waals surface area contributed by atoms with Gasteiger partial charge in [-0.1, -0.05) is 214 Å². The van der Waals surface area contributed by atoms with E-state index in [-0.39, 0.29) is 5.41 Å². The van der Waals surface area contributed by atoms with E-state index in [1.54, 1.807) is 0 Å². The van der Waals surface area contributed by atoms with Crippen molar-refractivity contribution in [2.75, 3.05) is 0 Å². The Morgan fingerprint density at radius 3 is 1.14 bits per heavy atom. The maximum Gasteiger partial charge on any atom is 0.0159 e. The SMILES string of the molecule is CC1(C)c2cc(-c3ccccc3-c3ccccc3)ccc2-c2cc3c(-c4ccc(-c5ccccc5)cc4)c4ccccc4c(-c4ccc(-c5ccccc5)cc4)c3cc21. The molecule has 10 aromatic carbocycles. The zero-order valence-electron chi connectivity index (χ0n) is 33.3. The molecule has 0 heteroatoms. The molecule has 0 amide bonds. The second-order valence-electron chi connectivity index (χ2n) is 16.4. The van der Waals surface area contributed by atoms with E-state index in [9.17, 15) is 0 Å². The zero-order valence-corrected chi connectivity index (χ0v) is 33.3. The Labute approximate surface area is 346 Å². The third-order valence-electron chi connectivity index (χ3n) is 12.7. The lowest BCUT2D eigenvalue weighted by molar-refractivity contribution is 0.661. The highest BCUT2D eigenvalue weighted by molar-refractivity contribution is 6.22. The summed E-state index contributed by atoms with van der Waals surface area (Å²) in [6, 6.07) is 80.6. The maximum absolute atomic E-state index is 2.54. The van der Waals surface area contributed by atoms with Gasteiger partial charge in [0.1, 0.15) is 0 Å². The van der Waals surface area contributed by atoms with E-state index in [1.165, 1.54) is 111 Å². The molecule has 0 nitrogen and oxygen atoms in total. The second kappa shape index (κ2) is 14.0. The quantitative estimate of drug-likeness (QED) is 0.149. The molecule has 0 fully saturated rings. The molecule has 0 radical (unpaired) electrons. The van der Waals surface area contributed by atoms with Gasteiger partial charge in [0.15, 0.2) is 0 Å². The molecule has 0 unspecified atom stereocenters. The number of benzene rings is 10. The lowest BCUT2D eigenvalue weighted by atomic mass is 9.79. The third-order valence-corrected chi connectivity index (χ3v) is 12.7. The van der Waals surface area contributed by atoms with Gasteiger partial charge in [-0.05, 0) is 129 Å². The van der Waals surface area contributed by atoms with E-state index < -0.39 is 0 Å². The molecule has 1 aliphatic rings. The summed E-state index contributed by atoms with van der Waals surface area (Å²) in [6.07, 6.45) is 0. The minimum absolute atomic E-state index is 0.214. The fourth-order valence-electron chi connectivity index (χ4n) is 9.72. The number of hydrogen-bond donors (Lipinski definition) is 0. The van der Waals surface area contributed by atoms with Crippen molar-refractivity contribution >= 4 is 21.5 Å². The van der Waals surface area contributed by atoms with Crippen LogP contribution >= 0.6 is 0 Å². The van der Waals surface area contributed by atoms with E-state index in [0.29, 0.717) is 0 Å². The van der Waals surface area contributed by atoms with Crippen LogP contribution in [0.15, 0.2) is 218 Å². The largest absolute Gasteiger partial charge is 0.0622 e. The molecule has 11 rings (SSSR count). The molecule has 1 aliphatic carbocycles. The first-order valence-corrected chi connectivity index (χ1v) is 20.7. The summed E-state index contributed by atoms with van der Waals surface area (Å²) < 4.78 is 0. The van der Waals surface area contributed by atoms with E-state index in [1.807, 2.05) is 0 Å². The van der Waals surface area contributed by atoms with Crippen LogP contribution in [-0.4, -0.2) is 0 Å². The molecular formula is C59H42. The van der Waals surface area contributed by atoms with Crippen molar-refractivity contribution in [1.82, 2.24) is 0 Å². The van der Waals surface area contributed by atoms with Gasteiger partial charge in [0, 0.05) is 5.41 Å². The molecule has 10 aromatic rings. The molecule has 59 heavy (non-hydrogen) atoms. The Kier molecular flexibility index (Phi) is 8.27. The Morgan fingerprint density at radius 2 is 0.610 bits per heavy atom. The van der Waals surface area contributed by atoms with Gasteiger partial charge in [0.05, 0.1) is 0 Å². The van der Waals surface area contributed by atoms with Crippen LogP contribution in [0.3, 0.4) is 0 Å². The van der Waals surface area contributed by atoms with Crippen LogP contribution in [-0.2, 0) is 5.41 Å². The third kappa shape index (κ3) is 5.83. The number of fused-ring (bicyclic) bond motifs is 5. The maximum atomic E-state index is 2.54. The molecule has 0 aromatic heterocycles. The summed E-state index contributed by atoms with van der Waals surface area (Å²) in [4.78, 5) is 0. The van der Waals surface area contributed by atoms with Gasteiger partial charge in [-0.3, -0.25) is 0 Å². The molecular weight excluding hydrogens is 709 g/mol. The summed E-state index contributed by atoms with van der Waals surface area (Å²) >= 11 is 0. The minimum atomic E-state index is -0.214. The lowest BCUT2D eigenvalue weighted by Crippen LogP contribution is -2.15. The van der Waals surface area contributed by atoms with Crippen LogP contribution in [0.25, 0.3) is 99.4 Å². The van der Waals surface area contributed by atoms with Crippen LogP contribution in [0.5, 0.6) is 0 Å². The normalized spacial score (nSPS) is 12.7. The fraction of sp³-hybridized carbons (Fsp3) is 0.0508. The molecule has 0 saturated heterocycles. The minimum Gasteiger partial charge on any atom is -0.0622 e. The summed E-state index contributed by atoms with van der Waals surface area (Å²) in [5.41, 5.74) is 20.1. The van der Waals surface area contributed by atoms with Gasteiger partial charge in [-0.25, -0.2) is 0 Å². The van der Waals surface area contributed by atoms with Crippen LogP contribution in [0, 0.1) is 0 Å². The standard InChI is InChI=1S/C59H42/c1-59(2)55-36-46(48-23-13-12-22-47(48)43-20-10-5-11-21-43)34-35-49(55)52-37-53-54(38-56(52)59)58(45-32-28-42(29-33-45)40-18-8-4-9-19-40)51-25-15-14-24-50(51)57(53)44-30-26-41(27-31-44)39-16-6-3-7-17-39/h3-38H,1-2H3. The summed E-state index contributed by atoms with van der Waals surface area (Å²) in [6.45, 7) is 4.82. The molecule has 278 valence electrons. The van der Waals surface area contributed by atoms with Gasteiger partial charge in [0.2, 0.25) is 0 Å². The van der Waals surface area contributed by atoms with Crippen molar-refractivity contribution in [3.05, 3.63) is 230 Å². The smallest absolute Gasteiger partial charge is 0.0159 e. The monoisotopic (exact) mass is 750 g/mol. The molecule has 0 aliphatic heterocycles. The molecule has 0 heterocycles. The highest BCUT2D eigenvalue weighted by atomic mass is 14.4. The summed E-state index contributed by atoms with van der Waals surface area (Å²) in [7, 11) is 0. The zero-order chi connectivity index (χ0) is 39.5. The molecule has 0 saturated carbocycles. The van der Waals surface area contributed by atoms with Gasteiger partial charge >= 0.3 is 0 Å². The predicted octanol–water partition coefficient (Wildman–Crippen LogP) is 16.3. The van der Waals surface area contributed by atoms with Crippen molar-refractivity contribution in [2.24, 2.45) is 0 Å². The average Bonchev–Trinajstić information content (AvgIpc) is 3.52. The first-order chi connectivity index (χ1) is 29.0. The highest BCUT2D eigenvalue weighted by Gasteiger charge is 2.37. The highest BCUT2D eigenvalue weighted by Crippen LogP contribution is 2.54. The van der Waals surface area contributed by atoms with E-state index in [0.717, 1.165) is 0 Å². The van der Waals surface area contributed by atoms with Crippen molar-refractivity contribution in [3.8, 4) is 77.9 Å². The van der Waals surface area contributed by atoms with Crippen molar-refractivity contribution in [1.29, 1.82) is 0 Å². The van der Waals surface area contributed by atoms with Gasteiger partial charge in [-0.2, -0.15) is 0 Å². The molecule has 0 bridgehead atoms. The summed E-state index contributed by atoms with van der Waals surface area (Å²) in [5.74, 6) is 0. The van der Waals surface area contributed by atoms with Gasteiger partial charge in [-0.15, -0.1) is 0 Å². The molecule has 0 atom stereocenters. The molecule has 0 N–H and O–H groups in total. The van der Waals surface area contributed by atoms with E-state index >= 15 is 0 Å². The van der Waals surface area contributed by atoms with Crippen LogP contribution in [0.1, 0.15) is 25.0 Å². The average molecular weight is 751 g/mol.